The fraction of sp³-hybridized carbons (Fsp3) is 0.593. The molecule has 3 aliphatic rings. The second-order valence-corrected chi connectivity index (χ2v) is 10.1. The van der Waals surface area contributed by atoms with E-state index in [0.717, 1.165) is 69.3 Å². The molecule has 3 fully saturated rings. The van der Waals surface area contributed by atoms with Gasteiger partial charge in [0.05, 0.1) is 30.2 Å². The van der Waals surface area contributed by atoms with E-state index in [2.05, 4.69) is 22.1 Å². The first-order chi connectivity index (χ1) is 16.6. The van der Waals surface area contributed by atoms with Crippen LogP contribution in [-0.2, 0) is 9.53 Å². The van der Waals surface area contributed by atoms with Crippen molar-refractivity contribution in [1.82, 2.24) is 14.7 Å². The van der Waals surface area contributed by atoms with Gasteiger partial charge in [-0.25, -0.2) is 9.48 Å². The zero-order chi connectivity index (χ0) is 23.7. The lowest BCUT2D eigenvalue weighted by molar-refractivity contribution is -0.138. The Morgan fingerprint density at radius 1 is 1.12 bits per heavy atom. The molecule has 2 unspecified atom stereocenters. The van der Waals surface area contributed by atoms with Crippen LogP contribution in [0.15, 0.2) is 30.5 Å². The van der Waals surface area contributed by atoms with E-state index in [9.17, 15) is 14.7 Å². The zero-order valence-electron chi connectivity index (χ0n) is 20.0. The van der Waals surface area contributed by atoms with Crippen molar-refractivity contribution >= 4 is 11.9 Å². The molecule has 1 aromatic carbocycles. The van der Waals surface area contributed by atoms with Crippen molar-refractivity contribution in [2.24, 2.45) is 5.92 Å². The Kier molecular flexibility index (Phi) is 6.73. The number of likely N-dealkylation sites (tertiary alicyclic amines) is 1. The highest BCUT2D eigenvalue weighted by Gasteiger charge is 2.36. The molecule has 1 aliphatic heterocycles. The molecule has 182 valence electrons. The minimum atomic E-state index is -0.914. The lowest BCUT2D eigenvalue weighted by Crippen LogP contribution is -2.42. The number of aromatic nitrogens is 2. The minimum absolute atomic E-state index is 0.0648. The highest BCUT2D eigenvalue weighted by Crippen LogP contribution is 2.43. The van der Waals surface area contributed by atoms with Crippen LogP contribution in [0.3, 0.4) is 0 Å². The summed E-state index contributed by atoms with van der Waals surface area (Å²) in [7, 11) is 0. The Balaban J connectivity index is 1.33. The number of nitrogens with zero attached hydrogens (tertiary/aromatic N) is 3. The van der Waals surface area contributed by atoms with E-state index in [1.54, 1.807) is 0 Å². The summed E-state index contributed by atoms with van der Waals surface area (Å²) < 4.78 is 7.46. The molecule has 0 radical (unpaired) electrons. The molecule has 2 saturated carbocycles. The second-order valence-electron chi connectivity index (χ2n) is 10.1. The van der Waals surface area contributed by atoms with Crippen molar-refractivity contribution in [2.45, 2.75) is 76.2 Å². The van der Waals surface area contributed by atoms with Crippen molar-refractivity contribution < 1.29 is 19.4 Å². The maximum Gasteiger partial charge on any atom is 0.339 e. The van der Waals surface area contributed by atoms with Gasteiger partial charge in [-0.3, -0.25) is 4.79 Å². The van der Waals surface area contributed by atoms with Gasteiger partial charge >= 0.3 is 5.97 Å². The van der Waals surface area contributed by atoms with Crippen molar-refractivity contribution in [3.8, 4) is 5.69 Å². The van der Waals surface area contributed by atoms with Crippen molar-refractivity contribution in [2.75, 3.05) is 19.8 Å². The van der Waals surface area contributed by atoms with E-state index in [1.807, 2.05) is 23.7 Å². The number of amides is 1. The van der Waals surface area contributed by atoms with Gasteiger partial charge in [0.15, 0.2) is 0 Å². The lowest BCUT2D eigenvalue weighted by Gasteiger charge is -2.34. The van der Waals surface area contributed by atoms with Crippen molar-refractivity contribution in [1.29, 1.82) is 0 Å². The van der Waals surface area contributed by atoms with Gasteiger partial charge in [0.25, 0.3) is 0 Å². The molecule has 2 aromatic rings. The summed E-state index contributed by atoms with van der Waals surface area (Å²) in [4.78, 5) is 27.2. The predicted octanol–water partition coefficient (Wildman–Crippen LogP) is 4.75. The van der Waals surface area contributed by atoms with E-state index in [0.29, 0.717) is 30.6 Å². The molecule has 1 saturated heterocycles. The Hall–Kier alpha value is -2.67. The number of carboxylic acids is 1. The Bertz CT molecular complexity index is 1040. The van der Waals surface area contributed by atoms with Crippen LogP contribution in [0.1, 0.15) is 91.7 Å². The van der Waals surface area contributed by atoms with Crippen molar-refractivity contribution in [3.63, 3.8) is 0 Å². The van der Waals surface area contributed by atoms with Gasteiger partial charge in [-0.2, -0.15) is 5.10 Å². The fourth-order valence-electron chi connectivity index (χ4n) is 5.89. The summed E-state index contributed by atoms with van der Waals surface area (Å²) in [6.07, 6.45) is 9.56. The summed E-state index contributed by atoms with van der Waals surface area (Å²) in [5.74, 6) is 0.0585. The molecule has 34 heavy (non-hydrogen) atoms. The highest BCUT2D eigenvalue weighted by molar-refractivity contribution is 5.89. The van der Waals surface area contributed by atoms with Crippen LogP contribution in [0.5, 0.6) is 0 Å². The Morgan fingerprint density at radius 3 is 2.74 bits per heavy atom. The van der Waals surface area contributed by atoms with Gasteiger partial charge in [0.1, 0.15) is 5.56 Å². The predicted molar refractivity (Wildman–Crippen MR) is 128 cm³/mol. The Morgan fingerprint density at radius 2 is 1.97 bits per heavy atom. The number of carboxylic acid groups (broad SMARTS) is 1. The third-order valence-corrected chi connectivity index (χ3v) is 7.79. The number of carbonyl (C=O) groups is 2. The number of rotatable bonds is 8. The molecule has 0 bridgehead atoms. The van der Waals surface area contributed by atoms with Gasteiger partial charge < -0.3 is 14.7 Å². The van der Waals surface area contributed by atoms with Gasteiger partial charge in [0.2, 0.25) is 5.91 Å². The summed E-state index contributed by atoms with van der Waals surface area (Å²) in [5.41, 5.74) is 3.26. The van der Waals surface area contributed by atoms with E-state index in [4.69, 9.17) is 4.74 Å². The Labute approximate surface area is 201 Å². The number of benzene rings is 1. The molecular formula is C27H35N3O4. The molecule has 1 amide bonds. The molecule has 5 rings (SSSR count). The zero-order valence-corrected chi connectivity index (χ0v) is 20.0. The van der Waals surface area contributed by atoms with E-state index < -0.39 is 5.97 Å². The molecule has 3 atom stereocenters. The summed E-state index contributed by atoms with van der Waals surface area (Å²) in [6.45, 7) is 4.18. The molecule has 2 aliphatic carbocycles. The molecule has 1 N–H and O–H groups in total. The third-order valence-electron chi connectivity index (χ3n) is 7.79. The average Bonchev–Trinajstić information content (AvgIpc) is 3.42. The van der Waals surface area contributed by atoms with Crippen molar-refractivity contribution in [3.05, 3.63) is 47.3 Å². The van der Waals surface area contributed by atoms with Gasteiger partial charge in [-0.1, -0.05) is 18.6 Å². The van der Waals surface area contributed by atoms with Crippen LogP contribution in [-0.4, -0.2) is 57.5 Å². The molecule has 7 nitrogen and oxygen atoms in total. The van der Waals surface area contributed by atoms with Crippen LogP contribution in [0.4, 0.5) is 0 Å². The number of hydrogen-bond acceptors (Lipinski definition) is 4. The number of hydrogen-bond donors (Lipinski definition) is 1. The quantitative estimate of drug-likeness (QED) is 0.608. The normalized spacial score (nSPS) is 25.0. The second kappa shape index (κ2) is 9.90. The summed E-state index contributed by atoms with van der Waals surface area (Å²) in [5, 5.41) is 14.0. The van der Waals surface area contributed by atoms with Crippen LogP contribution in [0, 0.1) is 5.92 Å². The third kappa shape index (κ3) is 4.63. The fourth-order valence-corrected chi connectivity index (χ4v) is 5.89. The highest BCUT2D eigenvalue weighted by atomic mass is 16.5. The lowest BCUT2D eigenvalue weighted by atomic mass is 9.77. The summed E-state index contributed by atoms with van der Waals surface area (Å²) >= 11 is 0. The molecule has 1 aromatic heterocycles. The topological polar surface area (TPSA) is 84.7 Å². The smallest absolute Gasteiger partial charge is 0.339 e. The largest absolute Gasteiger partial charge is 0.478 e. The standard InChI is InChI=1S/C27H35N3O4/c1-2-34-17-23-10-5-13-29(23)26(31)21-8-3-6-19(14-21)20-7-4-9-22(15-20)30-25(18-11-12-18)24(16-28-30)27(32)33/h4,7,9,15-16,18-19,21,23H,2-3,5-6,8,10-14,17H2,1H3,(H,32,33)/t19?,21?,23-/m0/s1. The first-order valence-electron chi connectivity index (χ1n) is 12.9. The first kappa shape index (κ1) is 23.1. The van der Waals surface area contributed by atoms with Crippen LogP contribution >= 0.6 is 0 Å². The van der Waals surface area contributed by atoms with E-state index >= 15 is 0 Å². The molecule has 0 spiro atoms. The first-order valence-corrected chi connectivity index (χ1v) is 12.9. The van der Waals surface area contributed by atoms with E-state index in [1.165, 1.54) is 11.8 Å². The van der Waals surface area contributed by atoms with Gasteiger partial charge in [0, 0.05) is 25.0 Å². The van der Waals surface area contributed by atoms with Crippen LogP contribution in [0.25, 0.3) is 5.69 Å². The maximum absolute atomic E-state index is 13.4. The van der Waals surface area contributed by atoms with E-state index in [-0.39, 0.29) is 17.9 Å². The number of carbonyl (C=O) groups excluding carboxylic acids is 1. The molecular weight excluding hydrogens is 430 g/mol. The molecule has 7 heteroatoms. The SMILES string of the molecule is CCOC[C@@H]1CCCN1C(=O)C1CCCC(c2cccc(-n3ncc(C(=O)O)c3C3CC3)c2)C1. The molecule has 2 heterocycles. The number of ether oxygens (including phenoxy) is 1. The average molecular weight is 466 g/mol. The summed E-state index contributed by atoms with van der Waals surface area (Å²) in [6, 6.07) is 8.55. The maximum atomic E-state index is 13.4. The monoisotopic (exact) mass is 465 g/mol. The van der Waals surface area contributed by atoms with Gasteiger partial charge in [-0.15, -0.1) is 0 Å². The number of aromatic carboxylic acids is 1. The van der Waals surface area contributed by atoms with Gasteiger partial charge in [-0.05, 0) is 75.5 Å². The van der Waals surface area contributed by atoms with Crippen LogP contribution < -0.4 is 0 Å². The van der Waals surface area contributed by atoms with Crippen LogP contribution in [0.2, 0.25) is 0 Å². The minimum Gasteiger partial charge on any atom is -0.478 e.